The molecule has 1 heterocycles. The molecule has 2 nitrogen and oxygen atoms in total. The van der Waals surface area contributed by atoms with Crippen LogP contribution in [0.5, 0.6) is 0 Å². The van der Waals surface area contributed by atoms with Gasteiger partial charge in [-0.3, -0.25) is 0 Å². The van der Waals surface area contributed by atoms with Crippen molar-refractivity contribution < 1.29 is 0 Å². The number of hydrogen-bond acceptors (Lipinski definition) is 1. The lowest BCUT2D eigenvalue weighted by Crippen LogP contribution is -1.97. The molecule has 1 atom stereocenters. The highest BCUT2D eigenvalue weighted by molar-refractivity contribution is 5.86. The number of imidazole rings is 1. The first-order valence-corrected chi connectivity index (χ1v) is 5.82. The van der Waals surface area contributed by atoms with E-state index >= 15 is 0 Å². The van der Waals surface area contributed by atoms with Gasteiger partial charge in [0.15, 0.2) is 0 Å². The van der Waals surface area contributed by atoms with Gasteiger partial charge in [-0.05, 0) is 16.3 Å². The summed E-state index contributed by atoms with van der Waals surface area (Å²) >= 11 is 0. The summed E-state index contributed by atoms with van der Waals surface area (Å²) in [5, 5.41) is 2.61. The molecule has 0 aliphatic heterocycles. The maximum absolute atomic E-state index is 4.09. The van der Waals surface area contributed by atoms with Gasteiger partial charge in [0.25, 0.3) is 0 Å². The Kier molecular flexibility index (Phi) is 2.41. The van der Waals surface area contributed by atoms with Crippen LogP contribution in [0.15, 0.2) is 55.0 Å². The summed E-state index contributed by atoms with van der Waals surface area (Å²) in [6.45, 7) is 2.20. The number of benzene rings is 2. The van der Waals surface area contributed by atoms with Crippen LogP contribution in [0.2, 0.25) is 0 Å². The van der Waals surface area contributed by atoms with E-state index in [0.717, 1.165) is 5.69 Å². The average molecular weight is 222 g/mol. The number of nitrogens with zero attached hydrogens (tertiary/aromatic N) is 1. The molecule has 0 saturated carbocycles. The van der Waals surface area contributed by atoms with Gasteiger partial charge in [-0.1, -0.05) is 49.4 Å². The van der Waals surface area contributed by atoms with E-state index in [0.29, 0.717) is 5.92 Å². The zero-order chi connectivity index (χ0) is 11.7. The van der Waals surface area contributed by atoms with Gasteiger partial charge in [0, 0.05) is 17.8 Å². The van der Waals surface area contributed by atoms with Crippen LogP contribution in [0.3, 0.4) is 0 Å². The molecule has 2 aromatic carbocycles. The molecule has 1 N–H and O–H groups in total. The Morgan fingerprint density at radius 1 is 1.06 bits per heavy atom. The quantitative estimate of drug-likeness (QED) is 0.703. The number of fused-ring (bicyclic) bond motifs is 1. The minimum Gasteiger partial charge on any atom is -0.348 e. The fourth-order valence-electron chi connectivity index (χ4n) is 2.30. The second kappa shape index (κ2) is 4.06. The third-order valence-corrected chi connectivity index (χ3v) is 3.28. The van der Waals surface area contributed by atoms with Crippen LogP contribution in [-0.2, 0) is 0 Å². The van der Waals surface area contributed by atoms with Gasteiger partial charge in [-0.2, -0.15) is 0 Å². The van der Waals surface area contributed by atoms with Crippen molar-refractivity contribution in [2.75, 3.05) is 0 Å². The van der Waals surface area contributed by atoms with Gasteiger partial charge in [-0.15, -0.1) is 0 Å². The second-order valence-electron chi connectivity index (χ2n) is 4.30. The minimum atomic E-state index is 0.337. The predicted molar refractivity (Wildman–Crippen MR) is 70.1 cm³/mol. The standard InChI is InChI=1S/C15H14N2/c1-11(15-9-16-10-17-15)13-8-4-6-12-5-2-3-7-14(12)13/h2-11H,1H3,(H,16,17)/t11-/m1/s1. The number of nitrogens with one attached hydrogen (secondary N) is 1. The monoisotopic (exact) mass is 222 g/mol. The molecule has 17 heavy (non-hydrogen) atoms. The van der Waals surface area contributed by atoms with Crippen LogP contribution in [-0.4, -0.2) is 9.97 Å². The smallest absolute Gasteiger partial charge is 0.0921 e. The summed E-state index contributed by atoms with van der Waals surface area (Å²) in [6.07, 6.45) is 3.63. The molecule has 0 aliphatic carbocycles. The van der Waals surface area contributed by atoms with Gasteiger partial charge in [0.2, 0.25) is 0 Å². The molecule has 0 unspecified atom stereocenters. The van der Waals surface area contributed by atoms with Crippen molar-refractivity contribution in [1.29, 1.82) is 0 Å². The van der Waals surface area contributed by atoms with Gasteiger partial charge < -0.3 is 4.98 Å². The summed E-state index contributed by atoms with van der Waals surface area (Å²) in [5.74, 6) is 0.337. The summed E-state index contributed by atoms with van der Waals surface area (Å²) in [5.41, 5.74) is 2.49. The minimum absolute atomic E-state index is 0.337. The van der Waals surface area contributed by atoms with Gasteiger partial charge in [0.1, 0.15) is 0 Å². The van der Waals surface area contributed by atoms with E-state index in [1.54, 1.807) is 6.33 Å². The molecule has 3 rings (SSSR count). The number of aromatic amines is 1. The summed E-state index contributed by atoms with van der Waals surface area (Å²) in [7, 11) is 0. The Morgan fingerprint density at radius 2 is 1.88 bits per heavy atom. The van der Waals surface area contributed by atoms with Crippen molar-refractivity contribution in [3.63, 3.8) is 0 Å². The molecular weight excluding hydrogens is 208 g/mol. The summed E-state index contributed by atoms with van der Waals surface area (Å²) in [4.78, 5) is 7.28. The van der Waals surface area contributed by atoms with Crippen LogP contribution in [0.1, 0.15) is 24.1 Å². The van der Waals surface area contributed by atoms with Crippen LogP contribution >= 0.6 is 0 Å². The van der Waals surface area contributed by atoms with Gasteiger partial charge in [-0.25, -0.2) is 4.98 Å². The van der Waals surface area contributed by atoms with Crippen molar-refractivity contribution in [2.24, 2.45) is 0 Å². The van der Waals surface area contributed by atoms with E-state index < -0.39 is 0 Å². The van der Waals surface area contributed by atoms with Crippen molar-refractivity contribution in [3.05, 3.63) is 66.2 Å². The highest BCUT2D eigenvalue weighted by Crippen LogP contribution is 2.28. The highest BCUT2D eigenvalue weighted by Gasteiger charge is 2.12. The fourth-order valence-corrected chi connectivity index (χ4v) is 2.30. The number of aromatic nitrogens is 2. The molecule has 0 radical (unpaired) electrons. The number of H-pyrrole nitrogens is 1. The van der Waals surface area contributed by atoms with E-state index in [4.69, 9.17) is 0 Å². The second-order valence-corrected chi connectivity index (χ2v) is 4.30. The molecule has 0 amide bonds. The first-order chi connectivity index (χ1) is 8.36. The number of hydrogen-bond donors (Lipinski definition) is 1. The van der Waals surface area contributed by atoms with Crippen molar-refractivity contribution in [2.45, 2.75) is 12.8 Å². The Bertz CT molecular complexity index is 621. The lowest BCUT2D eigenvalue weighted by molar-refractivity contribution is 0.892. The van der Waals surface area contributed by atoms with E-state index in [1.807, 2.05) is 6.20 Å². The molecule has 3 aromatic rings. The Labute approximate surface area is 100 Å². The van der Waals surface area contributed by atoms with Crippen LogP contribution in [0.4, 0.5) is 0 Å². The third-order valence-electron chi connectivity index (χ3n) is 3.28. The summed E-state index contributed by atoms with van der Waals surface area (Å²) in [6, 6.07) is 14.9. The third kappa shape index (κ3) is 1.72. The highest BCUT2D eigenvalue weighted by atomic mass is 14.9. The molecule has 0 bridgehead atoms. The number of rotatable bonds is 2. The SMILES string of the molecule is C[C@@H](c1cnc[nH]1)c1cccc2ccccc12. The van der Waals surface area contributed by atoms with Crippen LogP contribution < -0.4 is 0 Å². The summed E-state index contributed by atoms with van der Waals surface area (Å²) < 4.78 is 0. The average Bonchev–Trinajstić information content (AvgIpc) is 2.91. The molecule has 1 aromatic heterocycles. The van der Waals surface area contributed by atoms with Crippen molar-refractivity contribution in [3.8, 4) is 0 Å². The fraction of sp³-hybridized carbons (Fsp3) is 0.133. The first kappa shape index (κ1) is 10.1. The van der Waals surface area contributed by atoms with E-state index in [9.17, 15) is 0 Å². The Hall–Kier alpha value is -2.09. The van der Waals surface area contributed by atoms with Gasteiger partial charge >= 0.3 is 0 Å². The van der Waals surface area contributed by atoms with Crippen molar-refractivity contribution >= 4 is 10.8 Å². The van der Waals surface area contributed by atoms with E-state index in [-0.39, 0.29) is 0 Å². The molecule has 2 heteroatoms. The molecule has 0 saturated heterocycles. The van der Waals surface area contributed by atoms with Crippen LogP contribution in [0.25, 0.3) is 10.8 Å². The Morgan fingerprint density at radius 3 is 2.71 bits per heavy atom. The van der Waals surface area contributed by atoms with E-state index in [1.165, 1.54) is 16.3 Å². The topological polar surface area (TPSA) is 28.7 Å². The van der Waals surface area contributed by atoms with Crippen molar-refractivity contribution in [1.82, 2.24) is 9.97 Å². The predicted octanol–water partition coefficient (Wildman–Crippen LogP) is 3.71. The zero-order valence-electron chi connectivity index (χ0n) is 9.72. The normalized spacial score (nSPS) is 12.8. The lowest BCUT2D eigenvalue weighted by Gasteiger charge is -2.12. The Balaban J connectivity index is 2.17. The van der Waals surface area contributed by atoms with E-state index in [2.05, 4.69) is 59.4 Å². The molecular formula is C15H14N2. The molecule has 0 spiro atoms. The molecule has 0 fully saturated rings. The first-order valence-electron chi connectivity index (χ1n) is 5.82. The molecule has 84 valence electrons. The largest absolute Gasteiger partial charge is 0.348 e. The maximum atomic E-state index is 4.09. The molecule has 0 aliphatic rings. The maximum Gasteiger partial charge on any atom is 0.0921 e. The lowest BCUT2D eigenvalue weighted by atomic mass is 9.93. The van der Waals surface area contributed by atoms with Crippen LogP contribution in [0, 0.1) is 0 Å². The zero-order valence-corrected chi connectivity index (χ0v) is 9.72. The van der Waals surface area contributed by atoms with Gasteiger partial charge in [0.05, 0.1) is 6.33 Å².